The predicted octanol–water partition coefficient (Wildman–Crippen LogP) is 1.89. The summed E-state index contributed by atoms with van der Waals surface area (Å²) in [6.07, 6.45) is 3.50. The van der Waals surface area contributed by atoms with Crippen LogP contribution in [0.2, 0.25) is 0 Å². The summed E-state index contributed by atoms with van der Waals surface area (Å²) in [5.41, 5.74) is -0.0173. The fraction of sp³-hybridized carbons (Fsp3) is 0.615. The first kappa shape index (κ1) is 14.5. The lowest BCUT2D eigenvalue weighted by atomic mass is 10.0. The van der Waals surface area contributed by atoms with Crippen LogP contribution >= 0.6 is 0 Å². The average Bonchev–Trinajstić information content (AvgIpc) is 2.46. The largest absolute Gasteiger partial charge is 0.476 e. The third kappa shape index (κ3) is 3.57. The standard InChI is InChI=1S/C13H20N4O3/c1-14-12-7-11(17(18)19)8-13(15-12)20-9-10-5-3-4-6-16(10)2/h7-8,10H,3-6,9H2,1-2H3,(H,14,15). The average molecular weight is 280 g/mol. The quantitative estimate of drug-likeness (QED) is 0.655. The molecule has 0 amide bonds. The Bertz CT molecular complexity index is 481. The Balaban J connectivity index is 2.04. The molecule has 0 radical (unpaired) electrons. The molecule has 7 heteroatoms. The van der Waals surface area contributed by atoms with E-state index in [-0.39, 0.29) is 5.69 Å². The van der Waals surface area contributed by atoms with Crippen LogP contribution in [0.3, 0.4) is 0 Å². The summed E-state index contributed by atoms with van der Waals surface area (Å²) in [4.78, 5) is 16.9. The van der Waals surface area contributed by atoms with Gasteiger partial charge >= 0.3 is 0 Å². The normalized spacial score (nSPS) is 19.6. The number of nitrogens with zero attached hydrogens (tertiary/aromatic N) is 3. The molecule has 110 valence electrons. The van der Waals surface area contributed by atoms with E-state index in [0.29, 0.717) is 24.3 Å². The van der Waals surface area contributed by atoms with Gasteiger partial charge in [0.15, 0.2) is 0 Å². The first-order valence-electron chi connectivity index (χ1n) is 6.77. The van der Waals surface area contributed by atoms with E-state index in [1.54, 1.807) is 7.05 Å². The molecule has 0 aromatic carbocycles. The van der Waals surface area contributed by atoms with Crippen molar-refractivity contribution < 1.29 is 9.66 Å². The third-order valence-corrected chi connectivity index (χ3v) is 3.60. The van der Waals surface area contributed by atoms with E-state index in [2.05, 4.69) is 22.2 Å². The summed E-state index contributed by atoms with van der Waals surface area (Å²) in [6, 6.07) is 3.10. The fourth-order valence-corrected chi connectivity index (χ4v) is 2.34. The monoisotopic (exact) mass is 280 g/mol. The zero-order chi connectivity index (χ0) is 14.5. The summed E-state index contributed by atoms with van der Waals surface area (Å²) in [5, 5.41) is 13.7. The van der Waals surface area contributed by atoms with Gasteiger partial charge in [-0.15, -0.1) is 0 Å². The number of piperidine rings is 1. The van der Waals surface area contributed by atoms with Crippen molar-refractivity contribution in [2.45, 2.75) is 25.3 Å². The second kappa shape index (κ2) is 6.51. The van der Waals surface area contributed by atoms with E-state index in [1.165, 1.54) is 25.0 Å². The van der Waals surface area contributed by atoms with Crippen LogP contribution in [0.4, 0.5) is 11.5 Å². The fourth-order valence-electron chi connectivity index (χ4n) is 2.34. The van der Waals surface area contributed by atoms with Gasteiger partial charge in [-0.2, -0.15) is 4.98 Å². The highest BCUT2D eigenvalue weighted by molar-refractivity contribution is 5.47. The van der Waals surface area contributed by atoms with Gasteiger partial charge in [-0.3, -0.25) is 10.1 Å². The minimum atomic E-state index is -0.442. The second-order valence-electron chi connectivity index (χ2n) is 5.00. The Morgan fingerprint density at radius 3 is 3.00 bits per heavy atom. The molecule has 1 fully saturated rings. The summed E-state index contributed by atoms with van der Waals surface area (Å²) >= 11 is 0. The highest BCUT2D eigenvalue weighted by atomic mass is 16.6. The van der Waals surface area contributed by atoms with Gasteiger partial charge in [0, 0.05) is 13.1 Å². The number of hydrogen-bond donors (Lipinski definition) is 1. The number of nitro groups is 1. The zero-order valence-corrected chi connectivity index (χ0v) is 11.8. The number of rotatable bonds is 5. The van der Waals surface area contributed by atoms with E-state index in [0.717, 1.165) is 13.0 Å². The van der Waals surface area contributed by atoms with Crippen molar-refractivity contribution in [3.05, 3.63) is 22.2 Å². The van der Waals surface area contributed by atoms with Crippen LogP contribution in [0.5, 0.6) is 5.88 Å². The van der Waals surface area contributed by atoms with Gasteiger partial charge in [-0.25, -0.2) is 0 Å². The minimum absolute atomic E-state index is 0.0173. The number of aromatic nitrogens is 1. The van der Waals surface area contributed by atoms with Crippen molar-refractivity contribution in [3.63, 3.8) is 0 Å². The Morgan fingerprint density at radius 1 is 1.55 bits per heavy atom. The van der Waals surface area contributed by atoms with E-state index in [9.17, 15) is 10.1 Å². The van der Waals surface area contributed by atoms with Gasteiger partial charge in [0.2, 0.25) is 5.88 Å². The molecule has 1 saturated heterocycles. The molecular weight excluding hydrogens is 260 g/mol. The maximum absolute atomic E-state index is 10.9. The number of anilines is 1. The van der Waals surface area contributed by atoms with Crippen LogP contribution in [-0.2, 0) is 0 Å². The topological polar surface area (TPSA) is 80.5 Å². The number of hydrogen-bond acceptors (Lipinski definition) is 6. The van der Waals surface area contributed by atoms with Gasteiger partial charge in [0.05, 0.1) is 17.1 Å². The van der Waals surface area contributed by atoms with Crippen molar-refractivity contribution >= 4 is 11.5 Å². The first-order chi connectivity index (χ1) is 9.60. The molecule has 7 nitrogen and oxygen atoms in total. The van der Waals surface area contributed by atoms with E-state index < -0.39 is 4.92 Å². The van der Waals surface area contributed by atoms with Crippen LogP contribution in [0.15, 0.2) is 12.1 Å². The highest BCUT2D eigenvalue weighted by Crippen LogP contribution is 2.23. The molecule has 1 aromatic heterocycles. The molecule has 0 aliphatic carbocycles. The van der Waals surface area contributed by atoms with E-state index in [1.807, 2.05) is 0 Å². The van der Waals surface area contributed by atoms with Crippen molar-refractivity contribution in [1.82, 2.24) is 9.88 Å². The van der Waals surface area contributed by atoms with Crippen molar-refractivity contribution in [1.29, 1.82) is 0 Å². The number of ether oxygens (including phenoxy) is 1. The van der Waals surface area contributed by atoms with Crippen LogP contribution < -0.4 is 10.1 Å². The lowest BCUT2D eigenvalue weighted by molar-refractivity contribution is -0.384. The molecule has 1 atom stereocenters. The summed E-state index contributed by atoms with van der Waals surface area (Å²) in [6.45, 7) is 1.58. The number of likely N-dealkylation sites (tertiary alicyclic amines) is 1. The molecule has 1 aliphatic rings. The van der Waals surface area contributed by atoms with E-state index in [4.69, 9.17) is 4.74 Å². The molecular formula is C13H20N4O3. The Hall–Kier alpha value is -1.89. The highest BCUT2D eigenvalue weighted by Gasteiger charge is 2.20. The van der Waals surface area contributed by atoms with E-state index >= 15 is 0 Å². The molecule has 1 aromatic rings. The third-order valence-electron chi connectivity index (χ3n) is 3.60. The Kier molecular flexibility index (Phi) is 4.73. The molecule has 1 unspecified atom stereocenters. The molecule has 0 spiro atoms. The lowest BCUT2D eigenvalue weighted by Gasteiger charge is -2.31. The lowest BCUT2D eigenvalue weighted by Crippen LogP contribution is -2.40. The molecule has 2 rings (SSSR count). The maximum atomic E-state index is 10.9. The number of likely N-dealkylation sites (N-methyl/N-ethyl adjacent to an activating group) is 1. The molecule has 0 bridgehead atoms. The maximum Gasteiger partial charge on any atom is 0.278 e. The summed E-state index contributed by atoms with van der Waals surface area (Å²) < 4.78 is 5.65. The van der Waals surface area contributed by atoms with Gasteiger partial charge in [0.1, 0.15) is 12.4 Å². The summed E-state index contributed by atoms with van der Waals surface area (Å²) in [5.74, 6) is 0.730. The molecule has 2 heterocycles. The van der Waals surface area contributed by atoms with Gasteiger partial charge in [-0.05, 0) is 26.4 Å². The Morgan fingerprint density at radius 2 is 2.35 bits per heavy atom. The number of pyridine rings is 1. The van der Waals surface area contributed by atoms with Gasteiger partial charge in [0.25, 0.3) is 5.69 Å². The van der Waals surface area contributed by atoms with Gasteiger partial charge in [-0.1, -0.05) is 6.42 Å². The molecule has 1 aliphatic heterocycles. The van der Waals surface area contributed by atoms with Crippen LogP contribution in [0.25, 0.3) is 0 Å². The van der Waals surface area contributed by atoms with Crippen molar-refractivity contribution in [3.8, 4) is 5.88 Å². The van der Waals surface area contributed by atoms with Crippen LogP contribution in [0, 0.1) is 10.1 Å². The Labute approximate surface area is 118 Å². The smallest absolute Gasteiger partial charge is 0.278 e. The number of nitrogens with one attached hydrogen (secondary N) is 1. The molecule has 0 saturated carbocycles. The van der Waals surface area contributed by atoms with Crippen molar-refractivity contribution in [2.75, 3.05) is 32.6 Å². The van der Waals surface area contributed by atoms with Crippen LogP contribution in [0.1, 0.15) is 19.3 Å². The SMILES string of the molecule is CNc1cc([N+](=O)[O-])cc(OCC2CCCCN2C)n1. The van der Waals surface area contributed by atoms with Crippen molar-refractivity contribution in [2.24, 2.45) is 0 Å². The second-order valence-corrected chi connectivity index (χ2v) is 5.00. The first-order valence-corrected chi connectivity index (χ1v) is 6.77. The molecule has 1 N–H and O–H groups in total. The van der Waals surface area contributed by atoms with Crippen LogP contribution in [-0.4, -0.2) is 48.1 Å². The molecule has 20 heavy (non-hydrogen) atoms. The van der Waals surface area contributed by atoms with Gasteiger partial charge < -0.3 is 15.0 Å². The summed E-state index contributed by atoms with van der Waals surface area (Å²) in [7, 11) is 3.75. The predicted molar refractivity (Wildman–Crippen MR) is 76.2 cm³/mol. The zero-order valence-electron chi connectivity index (χ0n) is 11.8. The minimum Gasteiger partial charge on any atom is -0.476 e.